The van der Waals surface area contributed by atoms with Crippen LogP contribution in [0.3, 0.4) is 0 Å². The number of unbranched alkanes of at least 4 members (excludes halogenated alkanes) is 1. The molecule has 2 aliphatic rings. The number of fused-ring (bicyclic) bond motifs is 3. The maximum Gasteiger partial charge on any atom is 0.493 e. The van der Waals surface area contributed by atoms with Crippen LogP contribution < -0.4 is 0 Å². The number of hydrogen-bond acceptors (Lipinski definition) is 1. The fraction of sp³-hybridized carbons (Fsp3) is 0.278. The van der Waals surface area contributed by atoms with Gasteiger partial charge in [0, 0.05) is 32.7 Å². The molecule has 1 aliphatic heterocycles. The Labute approximate surface area is 253 Å². The van der Waals surface area contributed by atoms with Crippen molar-refractivity contribution < 1.29 is 29.3 Å². The molecular formula is C36H37IrN3. The van der Waals surface area contributed by atoms with Crippen molar-refractivity contribution in [2.45, 2.75) is 59.8 Å². The first-order valence-electron chi connectivity index (χ1n) is 13.9. The monoisotopic (exact) mass is 704 g/mol. The van der Waals surface area contributed by atoms with E-state index in [0.29, 0.717) is 0 Å². The zero-order valence-electron chi connectivity index (χ0n) is 24.3. The zero-order valence-corrected chi connectivity index (χ0v) is 26.7. The zero-order chi connectivity index (χ0) is 27.6. The Morgan fingerprint density at radius 2 is 1.68 bits per heavy atom. The fourth-order valence-corrected chi connectivity index (χ4v) is 5.14. The molecule has 4 aromatic rings. The van der Waals surface area contributed by atoms with E-state index in [-0.39, 0.29) is 25.5 Å². The van der Waals surface area contributed by atoms with Gasteiger partial charge in [0.1, 0.15) is 5.69 Å². The Morgan fingerprint density at radius 3 is 2.40 bits per heavy atom. The summed E-state index contributed by atoms with van der Waals surface area (Å²) in [7, 11) is 0. The molecule has 3 aromatic carbocycles. The van der Waals surface area contributed by atoms with Crippen molar-refractivity contribution in [2.24, 2.45) is 0 Å². The van der Waals surface area contributed by atoms with E-state index in [1.54, 1.807) is 0 Å². The van der Waals surface area contributed by atoms with E-state index >= 15 is 0 Å². The largest absolute Gasteiger partial charge is 0.493 e. The van der Waals surface area contributed by atoms with Crippen molar-refractivity contribution in [2.75, 3.05) is 6.54 Å². The number of hydrogen-bond donors (Lipinski definition) is 0. The topological polar surface area (TPSA) is 18.9 Å². The van der Waals surface area contributed by atoms with E-state index in [1.807, 2.05) is 12.3 Å². The first kappa shape index (κ1) is 29.6. The van der Waals surface area contributed by atoms with E-state index in [9.17, 15) is 0 Å². The quantitative estimate of drug-likeness (QED) is 0.151. The minimum Gasteiger partial charge on any atom is -0.304 e. The molecule has 6 rings (SSSR count). The summed E-state index contributed by atoms with van der Waals surface area (Å²) in [4.78, 5) is 4.41. The van der Waals surface area contributed by atoms with Crippen molar-refractivity contribution in [3.63, 3.8) is 0 Å². The third-order valence-corrected chi connectivity index (χ3v) is 7.76. The summed E-state index contributed by atoms with van der Waals surface area (Å²) in [6, 6.07) is 31.5. The van der Waals surface area contributed by atoms with Crippen molar-refractivity contribution in [3.05, 3.63) is 119 Å². The van der Waals surface area contributed by atoms with Crippen LogP contribution in [-0.2, 0) is 25.5 Å². The molecule has 0 bridgehead atoms. The number of rotatable bonds is 5. The van der Waals surface area contributed by atoms with Gasteiger partial charge in [-0.3, -0.25) is 0 Å². The standard InChI is InChI=1S/C22H23N2.C14H14N.Ir/c1-4-5-12-23-13-14-24(16-23)17-10-11-19-18-8-6-7-9-20(18)22(2,3)21(19)15-17;1-10-4-6-13(7-5-10)14-8-11(2)12(3)9-15-14;/h6-9,11,13-15H,4-5,12H2,1-3H3;4-6,8-9H,1-3H3;/q+1;-1;. The predicted molar refractivity (Wildman–Crippen MR) is 160 cm³/mol. The van der Waals surface area contributed by atoms with E-state index < -0.39 is 0 Å². The smallest absolute Gasteiger partial charge is 0.304 e. The normalized spacial score (nSPS) is 13.8. The molecule has 1 aromatic heterocycles. The molecule has 0 amide bonds. The number of benzene rings is 3. The van der Waals surface area contributed by atoms with Gasteiger partial charge in [0.05, 0.1) is 0 Å². The third kappa shape index (κ3) is 6.01. The predicted octanol–water partition coefficient (Wildman–Crippen LogP) is 8.38. The Morgan fingerprint density at radius 1 is 0.875 bits per heavy atom. The molecule has 40 heavy (non-hydrogen) atoms. The van der Waals surface area contributed by atoms with Crippen LogP contribution in [0, 0.1) is 32.9 Å². The van der Waals surface area contributed by atoms with Gasteiger partial charge in [-0.15, -0.1) is 52.6 Å². The Bertz CT molecular complexity index is 1620. The minimum absolute atomic E-state index is 0. The second-order valence-electron chi connectivity index (χ2n) is 11.1. The summed E-state index contributed by atoms with van der Waals surface area (Å²) in [5.41, 5.74) is 12.3. The average molecular weight is 704 g/mol. The molecule has 0 saturated heterocycles. The number of aryl methyl sites for hydroxylation is 3. The van der Waals surface area contributed by atoms with Gasteiger partial charge in [0.15, 0.2) is 6.54 Å². The van der Waals surface area contributed by atoms with E-state index in [4.69, 9.17) is 0 Å². The van der Waals surface area contributed by atoms with Crippen LogP contribution in [-0.4, -0.2) is 26.7 Å². The first-order chi connectivity index (χ1) is 18.8. The molecular weight excluding hydrogens is 667 g/mol. The Kier molecular flexibility index (Phi) is 9.16. The molecule has 3 nitrogen and oxygen atoms in total. The fourth-order valence-electron chi connectivity index (χ4n) is 5.14. The van der Waals surface area contributed by atoms with Gasteiger partial charge in [-0.25, -0.2) is 0 Å². The Hall–Kier alpha value is -3.42. The molecule has 0 unspecified atom stereocenters. The second-order valence-corrected chi connectivity index (χ2v) is 11.1. The molecule has 1 radical (unpaired) electrons. The molecule has 1 aliphatic carbocycles. The second kappa shape index (κ2) is 12.4. The van der Waals surface area contributed by atoms with Crippen LogP contribution in [0.2, 0.25) is 0 Å². The van der Waals surface area contributed by atoms with Crippen LogP contribution in [0.15, 0.2) is 79.3 Å². The maximum absolute atomic E-state index is 4.41. The van der Waals surface area contributed by atoms with Gasteiger partial charge in [-0.1, -0.05) is 90.8 Å². The molecule has 205 valence electrons. The van der Waals surface area contributed by atoms with Gasteiger partial charge < -0.3 is 4.98 Å². The summed E-state index contributed by atoms with van der Waals surface area (Å²) < 4.78 is 4.18. The summed E-state index contributed by atoms with van der Waals surface area (Å²) >= 11 is 0. The minimum atomic E-state index is 0. The summed E-state index contributed by atoms with van der Waals surface area (Å²) in [6.07, 6.45) is 8.46. The molecule has 0 saturated carbocycles. The van der Waals surface area contributed by atoms with Gasteiger partial charge in [-0.05, 0) is 36.1 Å². The van der Waals surface area contributed by atoms with Gasteiger partial charge >= 0.3 is 6.01 Å². The average Bonchev–Trinajstić information content (AvgIpc) is 3.51. The van der Waals surface area contributed by atoms with Crippen LogP contribution in [0.1, 0.15) is 61.4 Å². The summed E-state index contributed by atoms with van der Waals surface area (Å²) in [6.45, 7) is 14.1. The van der Waals surface area contributed by atoms with Crippen molar-refractivity contribution >= 4 is 11.7 Å². The SMILES string of the molecule is CCCC[N+]1=C=[N+](c2[c-]cc3c(c2)C(C)(C)c2ccccc2-3)C=C1.Cc1c[c-]c(-c2cc(C)c(C)cn2)cc1.[Ir]. The molecule has 2 heterocycles. The van der Waals surface area contributed by atoms with Gasteiger partial charge in [-0.2, -0.15) is 6.07 Å². The third-order valence-electron chi connectivity index (χ3n) is 7.76. The molecule has 0 fully saturated rings. The Balaban J connectivity index is 0.000000200. The molecule has 0 atom stereocenters. The van der Waals surface area contributed by atoms with Crippen molar-refractivity contribution in [3.8, 4) is 22.4 Å². The van der Waals surface area contributed by atoms with Gasteiger partial charge in [0.25, 0.3) is 6.20 Å². The molecule has 0 N–H and O–H groups in total. The summed E-state index contributed by atoms with van der Waals surface area (Å²) in [5.74, 6) is 0. The maximum atomic E-state index is 4.41. The first-order valence-corrected chi connectivity index (χ1v) is 13.9. The number of aromatic nitrogens is 1. The van der Waals surface area contributed by atoms with Crippen molar-refractivity contribution in [1.29, 1.82) is 0 Å². The van der Waals surface area contributed by atoms with E-state index in [2.05, 4.69) is 141 Å². The number of pyridine rings is 1. The number of nitrogens with zero attached hydrogens (tertiary/aromatic N) is 3. The van der Waals surface area contributed by atoms with E-state index in [1.165, 1.54) is 51.8 Å². The van der Waals surface area contributed by atoms with E-state index in [0.717, 1.165) is 23.5 Å². The molecule has 4 heteroatoms. The van der Waals surface area contributed by atoms with Gasteiger partial charge in [0.2, 0.25) is 6.20 Å². The van der Waals surface area contributed by atoms with Crippen LogP contribution in [0.25, 0.3) is 22.4 Å². The molecule has 0 spiro atoms. The van der Waals surface area contributed by atoms with Crippen LogP contribution in [0.5, 0.6) is 0 Å². The summed E-state index contributed by atoms with van der Waals surface area (Å²) in [5, 5.41) is 0. The van der Waals surface area contributed by atoms with Crippen LogP contribution >= 0.6 is 0 Å². The van der Waals surface area contributed by atoms with Crippen molar-refractivity contribution in [1.82, 2.24) is 4.98 Å². The van der Waals surface area contributed by atoms with Crippen LogP contribution in [0.4, 0.5) is 5.69 Å².